The van der Waals surface area contributed by atoms with E-state index in [2.05, 4.69) is 39.9 Å². The van der Waals surface area contributed by atoms with Gasteiger partial charge in [0.1, 0.15) is 0 Å². The minimum absolute atomic E-state index is 0.00833. The van der Waals surface area contributed by atoms with E-state index in [1.807, 2.05) is 0 Å². The van der Waals surface area contributed by atoms with Crippen molar-refractivity contribution in [2.24, 2.45) is 5.41 Å². The molecule has 4 heteroatoms. The van der Waals surface area contributed by atoms with Crippen LogP contribution in [0.3, 0.4) is 0 Å². The van der Waals surface area contributed by atoms with Crippen molar-refractivity contribution in [3.8, 4) is 0 Å². The Balaban J connectivity index is 4.45. The number of sulfone groups is 1. The average Bonchev–Trinajstić information content (AvgIpc) is 2.10. The summed E-state index contributed by atoms with van der Waals surface area (Å²) < 4.78 is 23.5. The molecule has 0 radical (unpaired) electrons. The summed E-state index contributed by atoms with van der Waals surface area (Å²) in [6, 6.07) is 0. The largest absolute Gasteiger partial charge is 0.312 e. The van der Waals surface area contributed by atoms with Gasteiger partial charge < -0.3 is 5.32 Å². The van der Waals surface area contributed by atoms with Crippen LogP contribution in [-0.2, 0) is 9.84 Å². The fourth-order valence-corrected chi connectivity index (χ4v) is 2.74. The molecule has 18 heavy (non-hydrogen) atoms. The van der Waals surface area contributed by atoms with Crippen LogP contribution in [0.1, 0.15) is 61.8 Å². The molecule has 0 fully saturated rings. The first-order chi connectivity index (χ1) is 7.66. The smallest absolute Gasteiger partial charge is 0.155 e. The molecule has 0 atom stereocenters. The third-order valence-corrected chi connectivity index (χ3v) is 5.69. The molecule has 0 heterocycles. The quantitative estimate of drug-likeness (QED) is 0.840. The Morgan fingerprint density at radius 1 is 0.889 bits per heavy atom. The van der Waals surface area contributed by atoms with Crippen molar-refractivity contribution in [3.63, 3.8) is 0 Å². The van der Waals surface area contributed by atoms with E-state index in [-0.39, 0.29) is 16.7 Å². The lowest BCUT2D eigenvalue weighted by atomic mass is 9.89. The molecule has 0 saturated heterocycles. The topological polar surface area (TPSA) is 46.2 Å². The zero-order valence-electron chi connectivity index (χ0n) is 13.3. The molecular formula is C14H31NO2S. The highest BCUT2D eigenvalue weighted by molar-refractivity contribution is 7.92. The normalized spacial score (nSPS) is 14.9. The zero-order valence-corrected chi connectivity index (χ0v) is 14.2. The highest BCUT2D eigenvalue weighted by Gasteiger charge is 2.31. The number of hydrogen-bond acceptors (Lipinski definition) is 3. The maximum absolute atomic E-state index is 12.1. The molecule has 0 aliphatic carbocycles. The van der Waals surface area contributed by atoms with Crippen molar-refractivity contribution in [2.45, 2.75) is 72.1 Å². The summed E-state index contributed by atoms with van der Waals surface area (Å²) in [5, 5.41) is 3.44. The van der Waals surface area contributed by atoms with Crippen LogP contribution >= 0.6 is 0 Å². The Morgan fingerprint density at radius 2 is 1.33 bits per heavy atom. The standard InChI is InChI=1S/C14H31NO2S/c1-12(2,3)15-11-14(7,8)9-10-18(16,17)13(4,5)6/h15H,9-11H2,1-8H3. The SMILES string of the molecule is CC(C)(CCS(=O)(=O)C(C)(C)C)CNC(C)(C)C. The van der Waals surface area contributed by atoms with Crippen LogP contribution in [0.5, 0.6) is 0 Å². The van der Waals surface area contributed by atoms with E-state index in [9.17, 15) is 8.42 Å². The van der Waals surface area contributed by atoms with Gasteiger partial charge in [-0.1, -0.05) is 13.8 Å². The fourth-order valence-electron chi connectivity index (χ4n) is 1.31. The zero-order chi connectivity index (χ0) is 14.8. The van der Waals surface area contributed by atoms with Gasteiger partial charge in [0.2, 0.25) is 0 Å². The average molecular weight is 277 g/mol. The maximum Gasteiger partial charge on any atom is 0.155 e. The molecule has 0 aromatic rings. The van der Waals surface area contributed by atoms with E-state index < -0.39 is 14.6 Å². The first-order valence-corrected chi connectivity index (χ1v) is 8.29. The van der Waals surface area contributed by atoms with E-state index in [0.29, 0.717) is 6.42 Å². The second-order valence-electron chi connectivity index (χ2n) is 7.95. The summed E-state index contributed by atoms with van der Waals surface area (Å²) in [6.45, 7) is 16.7. The summed E-state index contributed by atoms with van der Waals surface area (Å²) in [7, 11) is -3.01. The van der Waals surface area contributed by atoms with Crippen molar-refractivity contribution in [1.82, 2.24) is 5.32 Å². The van der Waals surface area contributed by atoms with Crippen molar-refractivity contribution < 1.29 is 8.42 Å². The lowest BCUT2D eigenvalue weighted by Crippen LogP contribution is -2.43. The molecule has 110 valence electrons. The van der Waals surface area contributed by atoms with Crippen molar-refractivity contribution in [3.05, 3.63) is 0 Å². The Kier molecular flexibility index (Phi) is 5.47. The first kappa shape index (κ1) is 17.9. The summed E-state index contributed by atoms with van der Waals surface area (Å²) in [5.74, 6) is 0.259. The first-order valence-electron chi connectivity index (χ1n) is 6.64. The van der Waals surface area contributed by atoms with Gasteiger partial charge in [-0.15, -0.1) is 0 Å². The molecule has 0 rings (SSSR count). The van der Waals surface area contributed by atoms with E-state index >= 15 is 0 Å². The monoisotopic (exact) mass is 277 g/mol. The summed E-state index contributed by atoms with van der Waals surface area (Å²) in [4.78, 5) is 0. The molecule has 0 aliphatic rings. The predicted octanol–water partition coefficient (Wildman–Crippen LogP) is 3.00. The Morgan fingerprint density at radius 3 is 1.67 bits per heavy atom. The van der Waals surface area contributed by atoms with Crippen molar-refractivity contribution in [1.29, 1.82) is 0 Å². The van der Waals surface area contributed by atoms with E-state index in [4.69, 9.17) is 0 Å². The Labute approximate surface area is 114 Å². The third kappa shape index (κ3) is 6.74. The van der Waals surface area contributed by atoms with E-state index in [1.54, 1.807) is 20.8 Å². The molecular weight excluding hydrogens is 246 g/mol. The Hall–Kier alpha value is -0.0900. The van der Waals surface area contributed by atoms with Crippen LogP contribution in [0, 0.1) is 5.41 Å². The molecule has 1 N–H and O–H groups in total. The highest BCUT2D eigenvalue weighted by atomic mass is 32.2. The molecule has 0 aromatic heterocycles. The lowest BCUT2D eigenvalue weighted by molar-refractivity contribution is 0.282. The van der Waals surface area contributed by atoms with Crippen LogP contribution in [0.4, 0.5) is 0 Å². The lowest BCUT2D eigenvalue weighted by Gasteiger charge is -2.31. The molecule has 0 unspecified atom stereocenters. The molecule has 0 saturated carbocycles. The molecule has 0 aromatic carbocycles. The molecule has 0 spiro atoms. The Bertz CT molecular complexity index is 356. The van der Waals surface area contributed by atoms with Gasteiger partial charge in [0.25, 0.3) is 0 Å². The molecule has 0 amide bonds. The van der Waals surface area contributed by atoms with E-state index in [1.165, 1.54) is 0 Å². The van der Waals surface area contributed by atoms with Crippen LogP contribution in [0.15, 0.2) is 0 Å². The molecule has 0 bridgehead atoms. The van der Waals surface area contributed by atoms with Gasteiger partial charge in [-0.25, -0.2) is 8.42 Å². The number of hydrogen-bond donors (Lipinski definition) is 1. The summed E-state index contributed by atoms with van der Waals surface area (Å²) in [6.07, 6.45) is 0.690. The van der Waals surface area contributed by atoms with Gasteiger partial charge in [-0.05, 0) is 53.4 Å². The van der Waals surface area contributed by atoms with Crippen LogP contribution in [-0.4, -0.2) is 31.0 Å². The molecule has 0 aliphatic heterocycles. The van der Waals surface area contributed by atoms with E-state index in [0.717, 1.165) is 6.54 Å². The van der Waals surface area contributed by atoms with Gasteiger partial charge in [0, 0.05) is 12.1 Å². The van der Waals surface area contributed by atoms with Crippen LogP contribution < -0.4 is 5.32 Å². The highest BCUT2D eigenvalue weighted by Crippen LogP contribution is 2.25. The minimum Gasteiger partial charge on any atom is -0.312 e. The van der Waals surface area contributed by atoms with Gasteiger partial charge >= 0.3 is 0 Å². The minimum atomic E-state index is -3.01. The van der Waals surface area contributed by atoms with Crippen molar-refractivity contribution >= 4 is 9.84 Å². The maximum atomic E-state index is 12.1. The van der Waals surface area contributed by atoms with Gasteiger partial charge in [-0.2, -0.15) is 0 Å². The predicted molar refractivity (Wildman–Crippen MR) is 79.7 cm³/mol. The second-order valence-corrected chi connectivity index (χ2v) is 10.8. The fraction of sp³-hybridized carbons (Fsp3) is 1.00. The third-order valence-electron chi connectivity index (χ3n) is 3.08. The van der Waals surface area contributed by atoms with Gasteiger partial charge in [-0.3, -0.25) is 0 Å². The van der Waals surface area contributed by atoms with Gasteiger partial charge in [0.15, 0.2) is 9.84 Å². The van der Waals surface area contributed by atoms with Gasteiger partial charge in [0.05, 0.1) is 10.5 Å². The van der Waals surface area contributed by atoms with Crippen LogP contribution in [0.2, 0.25) is 0 Å². The number of rotatable bonds is 5. The summed E-state index contributed by atoms with van der Waals surface area (Å²) in [5.41, 5.74) is 0.0613. The molecule has 3 nitrogen and oxygen atoms in total. The number of nitrogens with one attached hydrogen (secondary N) is 1. The van der Waals surface area contributed by atoms with Crippen molar-refractivity contribution in [2.75, 3.05) is 12.3 Å². The summed E-state index contributed by atoms with van der Waals surface area (Å²) >= 11 is 0. The van der Waals surface area contributed by atoms with Crippen LogP contribution in [0.25, 0.3) is 0 Å². The second kappa shape index (κ2) is 5.49.